The van der Waals surface area contributed by atoms with Crippen LogP contribution >= 0.6 is 0 Å². The normalized spacial score (nSPS) is 10.1. The van der Waals surface area contributed by atoms with Gasteiger partial charge in [0.25, 0.3) is 0 Å². The third kappa shape index (κ3) is 2.85. The van der Waals surface area contributed by atoms with Gasteiger partial charge in [-0.05, 0) is 30.2 Å². The molecule has 0 aliphatic heterocycles. The zero-order chi connectivity index (χ0) is 13.0. The molecule has 1 aromatic carbocycles. The van der Waals surface area contributed by atoms with Gasteiger partial charge in [-0.3, -0.25) is 4.79 Å². The molecule has 0 bridgehead atoms. The monoisotopic (exact) mass is 242 g/mol. The van der Waals surface area contributed by atoms with Gasteiger partial charge in [-0.1, -0.05) is 19.1 Å². The van der Waals surface area contributed by atoms with Gasteiger partial charge in [0.05, 0.1) is 0 Å². The van der Waals surface area contributed by atoms with E-state index >= 15 is 0 Å². The molecule has 0 radical (unpaired) electrons. The van der Waals surface area contributed by atoms with Crippen LogP contribution in [0.1, 0.15) is 22.8 Å². The highest BCUT2D eigenvalue weighted by Gasteiger charge is 2.03. The predicted octanol–water partition coefficient (Wildman–Crippen LogP) is 2.54. The van der Waals surface area contributed by atoms with Crippen molar-refractivity contribution in [2.45, 2.75) is 13.3 Å². The molecule has 2 rings (SSSR count). The number of primary amides is 1. The highest BCUT2D eigenvalue weighted by molar-refractivity contribution is 5.93. The number of pyridine rings is 1. The second-order valence-electron chi connectivity index (χ2n) is 3.85. The molecule has 2 aromatic rings. The summed E-state index contributed by atoms with van der Waals surface area (Å²) in [5, 5.41) is 0. The Labute approximate surface area is 105 Å². The van der Waals surface area contributed by atoms with Gasteiger partial charge in [0, 0.05) is 17.8 Å². The van der Waals surface area contributed by atoms with E-state index in [0.29, 0.717) is 17.2 Å². The lowest BCUT2D eigenvalue weighted by Gasteiger charge is -2.06. The minimum atomic E-state index is -0.477. The zero-order valence-corrected chi connectivity index (χ0v) is 10.1. The SMILES string of the molecule is CCc1ccc(Oc2cccc(C(N)=O)c2)nc1. The molecular weight excluding hydrogens is 228 g/mol. The molecule has 92 valence electrons. The molecule has 1 heterocycles. The Kier molecular flexibility index (Phi) is 3.57. The lowest BCUT2D eigenvalue weighted by molar-refractivity contribution is 0.1000. The topological polar surface area (TPSA) is 65.2 Å². The van der Waals surface area contributed by atoms with Crippen molar-refractivity contribution in [3.63, 3.8) is 0 Å². The van der Waals surface area contributed by atoms with Crippen LogP contribution in [0.25, 0.3) is 0 Å². The maximum Gasteiger partial charge on any atom is 0.248 e. The van der Waals surface area contributed by atoms with Gasteiger partial charge in [0.1, 0.15) is 5.75 Å². The fourth-order valence-electron chi connectivity index (χ4n) is 1.51. The van der Waals surface area contributed by atoms with Crippen LogP contribution in [0.15, 0.2) is 42.6 Å². The van der Waals surface area contributed by atoms with Gasteiger partial charge in [-0.15, -0.1) is 0 Å². The standard InChI is InChI=1S/C14H14N2O2/c1-2-10-6-7-13(16-9-10)18-12-5-3-4-11(8-12)14(15)17/h3-9H,2H2,1H3,(H2,15,17). The van der Waals surface area contributed by atoms with E-state index in [9.17, 15) is 4.79 Å². The van der Waals surface area contributed by atoms with Crippen LogP contribution in [0.2, 0.25) is 0 Å². The zero-order valence-electron chi connectivity index (χ0n) is 10.1. The molecule has 0 unspecified atom stereocenters. The number of carbonyl (C=O) groups is 1. The quantitative estimate of drug-likeness (QED) is 0.895. The number of rotatable bonds is 4. The summed E-state index contributed by atoms with van der Waals surface area (Å²) in [5.41, 5.74) is 6.76. The summed E-state index contributed by atoms with van der Waals surface area (Å²) in [6.07, 6.45) is 2.71. The minimum absolute atomic E-state index is 0.415. The average molecular weight is 242 g/mol. The predicted molar refractivity (Wildman–Crippen MR) is 68.6 cm³/mol. The van der Waals surface area contributed by atoms with Crippen LogP contribution in [0.4, 0.5) is 0 Å². The molecule has 1 aromatic heterocycles. The summed E-state index contributed by atoms with van der Waals surface area (Å²) in [6.45, 7) is 2.06. The van der Waals surface area contributed by atoms with Crippen LogP contribution in [0.3, 0.4) is 0 Å². The van der Waals surface area contributed by atoms with E-state index < -0.39 is 5.91 Å². The van der Waals surface area contributed by atoms with Gasteiger partial charge in [-0.25, -0.2) is 4.98 Å². The molecule has 4 heteroatoms. The van der Waals surface area contributed by atoms with E-state index in [0.717, 1.165) is 12.0 Å². The molecule has 1 amide bonds. The summed E-state index contributed by atoms with van der Waals surface area (Å²) in [6, 6.07) is 10.5. The fraction of sp³-hybridized carbons (Fsp3) is 0.143. The number of hydrogen-bond donors (Lipinski definition) is 1. The highest BCUT2D eigenvalue weighted by Crippen LogP contribution is 2.20. The first-order valence-electron chi connectivity index (χ1n) is 5.71. The van der Waals surface area contributed by atoms with Crippen molar-refractivity contribution in [2.24, 2.45) is 5.73 Å². The largest absolute Gasteiger partial charge is 0.439 e. The maximum atomic E-state index is 11.0. The molecule has 0 fully saturated rings. The number of aromatic nitrogens is 1. The lowest BCUT2D eigenvalue weighted by atomic mass is 10.2. The fourth-order valence-corrected chi connectivity index (χ4v) is 1.51. The van der Waals surface area contributed by atoms with Crippen LogP contribution < -0.4 is 10.5 Å². The van der Waals surface area contributed by atoms with E-state index in [1.54, 1.807) is 36.5 Å². The van der Waals surface area contributed by atoms with Crippen molar-refractivity contribution >= 4 is 5.91 Å². The molecule has 0 aliphatic rings. The average Bonchev–Trinajstić information content (AvgIpc) is 2.40. The minimum Gasteiger partial charge on any atom is -0.439 e. The van der Waals surface area contributed by atoms with Crippen LogP contribution in [-0.4, -0.2) is 10.9 Å². The smallest absolute Gasteiger partial charge is 0.248 e. The van der Waals surface area contributed by atoms with Crippen molar-refractivity contribution in [2.75, 3.05) is 0 Å². The number of hydrogen-bond acceptors (Lipinski definition) is 3. The number of aryl methyl sites for hydroxylation is 1. The van der Waals surface area contributed by atoms with Gasteiger partial charge in [0.2, 0.25) is 11.8 Å². The lowest BCUT2D eigenvalue weighted by Crippen LogP contribution is -2.10. The second kappa shape index (κ2) is 5.31. The molecule has 4 nitrogen and oxygen atoms in total. The van der Waals surface area contributed by atoms with E-state index in [-0.39, 0.29) is 0 Å². The van der Waals surface area contributed by atoms with E-state index in [1.807, 2.05) is 6.07 Å². The van der Waals surface area contributed by atoms with Gasteiger partial charge < -0.3 is 10.5 Å². The van der Waals surface area contributed by atoms with E-state index in [1.165, 1.54) is 0 Å². The first-order chi connectivity index (χ1) is 8.69. The molecule has 18 heavy (non-hydrogen) atoms. The van der Waals surface area contributed by atoms with Crippen molar-refractivity contribution < 1.29 is 9.53 Å². The number of carbonyl (C=O) groups excluding carboxylic acids is 1. The summed E-state index contributed by atoms with van der Waals surface area (Å²) in [7, 11) is 0. The Morgan fingerprint density at radius 2 is 2.17 bits per heavy atom. The van der Waals surface area contributed by atoms with Crippen molar-refractivity contribution in [3.8, 4) is 11.6 Å². The molecule has 0 saturated carbocycles. The number of amides is 1. The molecule has 0 aliphatic carbocycles. The summed E-state index contributed by atoms with van der Waals surface area (Å²) in [5.74, 6) is 0.562. The first-order valence-corrected chi connectivity index (χ1v) is 5.71. The molecule has 0 atom stereocenters. The molecule has 2 N–H and O–H groups in total. The van der Waals surface area contributed by atoms with Gasteiger partial charge >= 0.3 is 0 Å². The molecular formula is C14H14N2O2. The molecule has 0 saturated heterocycles. The van der Waals surface area contributed by atoms with Gasteiger partial charge in [0.15, 0.2) is 0 Å². The third-order valence-electron chi connectivity index (χ3n) is 2.55. The maximum absolute atomic E-state index is 11.0. The van der Waals surface area contributed by atoms with Crippen LogP contribution in [-0.2, 0) is 6.42 Å². The Morgan fingerprint density at radius 1 is 1.33 bits per heavy atom. The van der Waals surface area contributed by atoms with Crippen molar-refractivity contribution in [1.82, 2.24) is 4.98 Å². The summed E-state index contributed by atoms with van der Waals surface area (Å²) >= 11 is 0. The van der Waals surface area contributed by atoms with Crippen molar-refractivity contribution in [3.05, 3.63) is 53.7 Å². The number of nitrogens with zero attached hydrogens (tertiary/aromatic N) is 1. The van der Waals surface area contributed by atoms with E-state index in [4.69, 9.17) is 10.5 Å². The third-order valence-corrected chi connectivity index (χ3v) is 2.55. The van der Waals surface area contributed by atoms with Crippen LogP contribution in [0.5, 0.6) is 11.6 Å². The number of nitrogens with two attached hydrogens (primary N) is 1. The highest BCUT2D eigenvalue weighted by atomic mass is 16.5. The molecule has 0 spiro atoms. The van der Waals surface area contributed by atoms with Crippen molar-refractivity contribution in [1.29, 1.82) is 0 Å². The van der Waals surface area contributed by atoms with Crippen LogP contribution in [0, 0.1) is 0 Å². The Morgan fingerprint density at radius 3 is 2.78 bits per heavy atom. The first kappa shape index (κ1) is 12.1. The van der Waals surface area contributed by atoms with Gasteiger partial charge in [-0.2, -0.15) is 0 Å². The second-order valence-corrected chi connectivity index (χ2v) is 3.85. The Bertz CT molecular complexity index is 550. The van der Waals surface area contributed by atoms with E-state index in [2.05, 4.69) is 11.9 Å². The Balaban J connectivity index is 2.17. The summed E-state index contributed by atoms with van der Waals surface area (Å²) < 4.78 is 5.55. The number of ether oxygens (including phenoxy) is 1. The summed E-state index contributed by atoms with van der Waals surface area (Å²) in [4.78, 5) is 15.2. The Hall–Kier alpha value is -2.36. The number of benzene rings is 1.